The number of fused-ring (bicyclic) bond motifs is 1. The van der Waals surface area contributed by atoms with Crippen molar-refractivity contribution in [3.05, 3.63) is 17.3 Å². The molecule has 1 aliphatic heterocycles. The third-order valence-corrected chi connectivity index (χ3v) is 4.74. The minimum atomic E-state index is 0.0425. The van der Waals surface area contributed by atoms with Crippen LogP contribution in [0.1, 0.15) is 18.5 Å². The average Bonchev–Trinajstić information content (AvgIpc) is 2.98. The van der Waals surface area contributed by atoms with Gasteiger partial charge in [0.05, 0.1) is 12.3 Å². The molecule has 1 saturated heterocycles. The van der Waals surface area contributed by atoms with Gasteiger partial charge in [0.2, 0.25) is 0 Å². The first-order valence-electron chi connectivity index (χ1n) is 6.67. The summed E-state index contributed by atoms with van der Waals surface area (Å²) >= 11 is 1.61. The monoisotopic (exact) mass is 280 g/mol. The van der Waals surface area contributed by atoms with Gasteiger partial charge in [-0.3, -0.25) is 4.40 Å². The molecule has 0 saturated carbocycles. The lowest BCUT2D eigenvalue weighted by Crippen LogP contribution is -2.42. The number of imidazole rings is 1. The second-order valence-corrected chi connectivity index (χ2v) is 6.15. The molecule has 1 fully saturated rings. The maximum absolute atomic E-state index is 9.60. The summed E-state index contributed by atoms with van der Waals surface area (Å²) in [5.74, 6) is 0.964. The van der Waals surface area contributed by atoms with Crippen LogP contribution >= 0.6 is 11.3 Å². The number of piperidine rings is 1. The van der Waals surface area contributed by atoms with Gasteiger partial charge < -0.3 is 14.9 Å². The van der Waals surface area contributed by atoms with Crippen molar-refractivity contribution < 1.29 is 5.11 Å². The number of aromatic nitrogens is 2. The van der Waals surface area contributed by atoms with Gasteiger partial charge in [0.25, 0.3) is 0 Å². The van der Waals surface area contributed by atoms with Crippen molar-refractivity contribution >= 4 is 22.1 Å². The molecule has 2 aromatic heterocycles. The zero-order valence-electron chi connectivity index (χ0n) is 11.4. The summed E-state index contributed by atoms with van der Waals surface area (Å²) in [4.78, 5) is 10.2. The molecule has 6 heteroatoms. The number of hydrogen-bond donors (Lipinski definition) is 1. The van der Waals surface area contributed by atoms with Crippen molar-refractivity contribution in [1.82, 2.24) is 14.3 Å². The van der Waals surface area contributed by atoms with E-state index in [1.807, 2.05) is 16.0 Å². The molecule has 1 N–H and O–H groups in total. The lowest BCUT2D eigenvalue weighted by atomic mass is 10.0. The van der Waals surface area contributed by atoms with E-state index < -0.39 is 0 Å². The fourth-order valence-electron chi connectivity index (χ4n) is 2.82. The Kier molecular flexibility index (Phi) is 3.47. The fraction of sp³-hybridized carbons (Fsp3) is 0.615. The van der Waals surface area contributed by atoms with Gasteiger partial charge >= 0.3 is 0 Å². The van der Waals surface area contributed by atoms with E-state index in [0.717, 1.165) is 42.4 Å². The van der Waals surface area contributed by atoms with Crippen LogP contribution < -0.4 is 4.90 Å². The summed E-state index contributed by atoms with van der Waals surface area (Å²) in [7, 11) is 4.29. The summed E-state index contributed by atoms with van der Waals surface area (Å²) in [6.07, 6.45) is 4.29. The molecule has 0 unspecified atom stereocenters. The molecule has 0 aliphatic carbocycles. The Morgan fingerprint density at radius 1 is 1.42 bits per heavy atom. The molecule has 3 rings (SSSR count). The van der Waals surface area contributed by atoms with Crippen LogP contribution in [0.15, 0.2) is 11.6 Å². The van der Waals surface area contributed by atoms with Gasteiger partial charge in [-0.2, -0.15) is 0 Å². The lowest BCUT2D eigenvalue weighted by Gasteiger charge is -2.35. The Balaban J connectivity index is 1.83. The average molecular weight is 280 g/mol. The Bertz CT molecular complexity index is 554. The molecule has 19 heavy (non-hydrogen) atoms. The SMILES string of the molecule is CN(C)C1CCN(c2nc3sccn3c2CO)CC1. The van der Waals surface area contributed by atoms with E-state index in [0.29, 0.717) is 6.04 Å². The summed E-state index contributed by atoms with van der Waals surface area (Å²) in [6.45, 7) is 2.07. The zero-order chi connectivity index (χ0) is 13.4. The highest BCUT2D eigenvalue weighted by molar-refractivity contribution is 7.15. The van der Waals surface area contributed by atoms with E-state index >= 15 is 0 Å². The molecular formula is C13H20N4OS. The van der Waals surface area contributed by atoms with E-state index in [1.165, 1.54) is 0 Å². The van der Waals surface area contributed by atoms with Gasteiger partial charge in [-0.05, 0) is 26.9 Å². The number of hydrogen-bond acceptors (Lipinski definition) is 5. The number of aliphatic hydroxyl groups excluding tert-OH is 1. The van der Waals surface area contributed by atoms with Crippen LogP contribution in [-0.2, 0) is 6.61 Å². The molecular weight excluding hydrogens is 260 g/mol. The maximum Gasteiger partial charge on any atom is 0.195 e. The molecule has 3 heterocycles. The molecule has 2 aromatic rings. The van der Waals surface area contributed by atoms with Gasteiger partial charge in [-0.15, -0.1) is 11.3 Å². The number of nitrogens with zero attached hydrogens (tertiary/aromatic N) is 4. The van der Waals surface area contributed by atoms with Gasteiger partial charge in [0, 0.05) is 30.7 Å². The molecule has 1 aliphatic rings. The standard InChI is InChI=1S/C13H20N4OS/c1-15(2)10-3-5-16(6-4-10)12-11(9-18)17-7-8-19-13(17)14-12/h7-8,10,18H,3-6,9H2,1-2H3. The van der Waals surface area contributed by atoms with Crippen molar-refractivity contribution in [3.8, 4) is 0 Å². The van der Waals surface area contributed by atoms with Crippen LogP contribution in [-0.4, -0.2) is 52.6 Å². The fourth-order valence-corrected chi connectivity index (χ4v) is 3.54. The van der Waals surface area contributed by atoms with Gasteiger partial charge in [-0.25, -0.2) is 4.98 Å². The largest absolute Gasteiger partial charge is 0.390 e. The first-order chi connectivity index (χ1) is 9.20. The van der Waals surface area contributed by atoms with Crippen LogP contribution in [0.4, 0.5) is 5.82 Å². The van der Waals surface area contributed by atoms with Crippen LogP contribution in [0.3, 0.4) is 0 Å². The predicted molar refractivity (Wildman–Crippen MR) is 77.9 cm³/mol. The van der Waals surface area contributed by atoms with Crippen LogP contribution in [0.2, 0.25) is 0 Å². The predicted octanol–water partition coefficient (Wildman–Crippen LogP) is 1.42. The number of rotatable bonds is 3. The van der Waals surface area contributed by atoms with Crippen LogP contribution in [0.25, 0.3) is 4.96 Å². The van der Waals surface area contributed by atoms with Crippen molar-refractivity contribution in [2.24, 2.45) is 0 Å². The highest BCUT2D eigenvalue weighted by atomic mass is 32.1. The topological polar surface area (TPSA) is 44.0 Å². The number of aliphatic hydroxyl groups is 1. The molecule has 0 radical (unpaired) electrons. The highest BCUT2D eigenvalue weighted by Crippen LogP contribution is 2.27. The lowest BCUT2D eigenvalue weighted by molar-refractivity contribution is 0.248. The minimum absolute atomic E-state index is 0.0425. The van der Waals surface area contributed by atoms with Crippen LogP contribution in [0.5, 0.6) is 0 Å². The van der Waals surface area contributed by atoms with Gasteiger partial charge in [0.1, 0.15) is 0 Å². The normalized spacial score (nSPS) is 17.8. The summed E-state index contributed by atoms with van der Waals surface area (Å²) < 4.78 is 2.00. The van der Waals surface area contributed by atoms with E-state index in [4.69, 9.17) is 0 Å². The van der Waals surface area contributed by atoms with Crippen molar-refractivity contribution in [3.63, 3.8) is 0 Å². The second kappa shape index (κ2) is 5.11. The van der Waals surface area contributed by atoms with Crippen molar-refractivity contribution in [1.29, 1.82) is 0 Å². The first-order valence-corrected chi connectivity index (χ1v) is 7.55. The zero-order valence-corrected chi connectivity index (χ0v) is 12.2. The number of anilines is 1. The molecule has 0 bridgehead atoms. The summed E-state index contributed by atoms with van der Waals surface area (Å²) in [6, 6.07) is 0.664. The van der Waals surface area contributed by atoms with Gasteiger partial charge in [-0.1, -0.05) is 0 Å². The third-order valence-electron chi connectivity index (χ3n) is 3.98. The molecule has 0 amide bonds. The molecule has 5 nitrogen and oxygen atoms in total. The first kappa shape index (κ1) is 12.9. The second-order valence-electron chi connectivity index (χ2n) is 5.28. The van der Waals surface area contributed by atoms with E-state index in [1.54, 1.807) is 11.3 Å². The third kappa shape index (κ3) is 2.24. The summed E-state index contributed by atoms with van der Waals surface area (Å²) in [5, 5.41) is 11.6. The molecule has 0 aromatic carbocycles. The Labute approximate surface area is 117 Å². The Morgan fingerprint density at radius 2 is 2.16 bits per heavy atom. The summed E-state index contributed by atoms with van der Waals surface area (Å²) in [5.41, 5.74) is 0.916. The molecule has 0 spiro atoms. The van der Waals surface area contributed by atoms with Crippen LogP contribution in [0, 0.1) is 0 Å². The van der Waals surface area contributed by atoms with E-state index in [9.17, 15) is 5.11 Å². The highest BCUT2D eigenvalue weighted by Gasteiger charge is 2.25. The molecule has 0 atom stereocenters. The smallest absolute Gasteiger partial charge is 0.195 e. The van der Waals surface area contributed by atoms with E-state index in [-0.39, 0.29) is 6.61 Å². The minimum Gasteiger partial charge on any atom is -0.390 e. The van der Waals surface area contributed by atoms with E-state index in [2.05, 4.69) is 28.9 Å². The van der Waals surface area contributed by atoms with Crippen molar-refractivity contribution in [2.75, 3.05) is 32.1 Å². The van der Waals surface area contributed by atoms with Gasteiger partial charge in [0.15, 0.2) is 10.8 Å². The Morgan fingerprint density at radius 3 is 2.79 bits per heavy atom. The maximum atomic E-state index is 9.60. The van der Waals surface area contributed by atoms with Crippen molar-refractivity contribution in [2.45, 2.75) is 25.5 Å². The quantitative estimate of drug-likeness (QED) is 0.923. The number of thiazole rings is 1. The Hall–Kier alpha value is -1.11. The molecule has 104 valence electrons.